The minimum Gasteiger partial charge on any atom is -0.478 e. The standard InChI is InChI=1S/C12H13FN2O5S/c13-9-7-8(12(17)18)1-2-10(9)21(19,20)15-5-3-11(16)14-4-6-15/h1-2,7H,3-6H2,(H,14,16)(H,17,18). The predicted octanol–water partition coefficient (Wildman–Crippen LogP) is 0.0345. The number of hydrogen-bond donors (Lipinski definition) is 2. The number of sulfonamides is 1. The topological polar surface area (TPSA) is 104 Å². The average Bonchev–Trinajstić information content (AvgIpc) is 2.63. The van der Waals surface area contributed by atoms with E-state index in [1.165, 1.54) is 0 Å². The van der Waals surface area contributed by atoms with Crippen LogP contribution >= 0.6 is 0 Å². The number of hydrogen-bond acceptors (Lipinski definition) is 4. The van der Waals surface area contributed by atoms with Gasteiger partial charge in [0.25, 0.3) is 0 Å². The van der Waals surface area contributed by atoms with Crippen LogP contribution in [0.15, 0.2) is 23.1 Å². The summed E-state index contributed by atoms with van der Waals surface area (Å²) in [5.74, 6) is -2.74. The molecule has 114 valence electrons. The predicted molar refractivity (Wildman–Crippen MR) is 69.7 cm³/mol. The number of amides is 1. The molecule has 7 nitrogen and oxygen atoms in total. The Bertz CT molecular complexity index is 689. The minimum absolute atomic E-state index is 0.00589. The van der Waals surface area contributed by atoms with Crippen molar-refractivity contribution >= 4 is 21.9 Å². The van der Waals surface area contributed by atoms with Crippen LogP contribution in [0.3, 0.4) is 0 Å². The second-order valence-corrected chi connectivity index (χ2v) is 6.36. The molecular weight excluding hydrogens is 303 g/mol. The number of carbonyl (C=O) groups is 2. The van der Waals surface area contributed by atoms with Crippen LogP contribution in [-0.2, 0) is 14.8 Å². The zero-order valence-electron chi connectivity index (χ0n) is 10.9. The van der Waals surface area contributed by atoms with Gasteiger partial charge in [0.1, 0.15) is 10.7 Å². The van der Waals surface area contributed by atoms with Crippen molar-refractivity contribution in [3.05, 3.63) is 29.6 Å². The number of aromatic carboxylic acids is 1. The maximum atomic E-state index is 13.9. The molecular formula is C12H13FN2O5S. The summed E-state index contributed by atoms with van der Waals surface area (Å²) in [5.41, 5.74) is -0.334. The molecule has 1 saturated heterocycles. The lowest BCUT2D eigenvalue weighted by Gasteiger charge is -2.19. The first-order chi connectivity index (χ1) is 9.82. The highest BCUT2D eigenvalue weighted by molar-refractivity contribution is 7.89. The number of halogens is 1. The summed E-state index contributed by atoms with van der Waals surface area (Å²) in [6.07, 6.45) is -0.00589. The van der Waals surface area contributed by atoms with Gasteiger partial charge in [0.05, 0.1) is 5.56 Å². The monoisotopic (exact) mass is 316 g/mol. The zero-order chi connectivity index (χ0) is 15.6. The van der Waals surface area contributed by atoms with Crippen LogP contribution in [0, 0.1) is 5.82 Å². The molecule has 2 rings (SSSR count). The van der Waals surface area contributed by atoms with E-state index >= 15 is 0 Å². The van der Waals surface area contributed by atoms with Crippen LogP contribution in [0.2, 0.25) is 0 Å². The van der Waals surface area contributed by atoms with E-state index in [0.717, 1.165) is 16.4 Å². The normalized spacial score (nSPS) is 17.1. The van der Waals surface area contributed by atoms with E-state index < -0.39 is 26.7 Å². The fourth-order valence-corrected chi connectivity index (χ4v) is 3.46. The van der Waals surface area contributed by atoms with E-state index in [1.807, 2.05) is 0 Å². The zero-order valence-corrected chi connectivity index (χ0v) is 11.7. The van der Waals surface area contributed by atoms with Gasteiger partial charge in [-0.05, 0) is 18.2 Å². The van der Waals surface area contributed by atoms with Crippen LogP contribution in [-0.4, -0.2) is 49.3 Å². The summed E-state index contributed by atoms with van der Waals surface area (Å²) >= 11 is 0. The smallest absolute Gasteiger partial charge is 0.335 e. The summed E-state index contributed by atoms with van der Waals surface area (Å²) < 4.78 is 39.6. The fraction of sp³-hybridized carbons (Fsp3) is 0.333. The Labute approximate surface area is 120 Å². The van der Waals surface area contributed by atoms with E-state index in [2.05, 4.69) is 5.32 Å². The molecule has 0 atom stereocenters. The third kappa shape index (κ3) is 3.19. The maximum Gasteiger partial charge on any atom is 0.335 e. The Kier molecular flexibility index (Phi) is 4.24. The van der Waals surface area contributed by atoms with E-state index in [1.54, 1.807) is 0 Å². The number of rotatable bonds is 3. The molecule has 1 aliphatic rings. The SMILES string of the molecule is O=C1CCN(S(=O)(=O)c2ccc(C(=O)O)cc2F)CCN1. The second kappa shape index (κ2) is 5.78. The molecule has 1 aromatic rings. The summed E-state index contributed by atoms with van der Waals surface area (Å²) in [6, 6.07) is 2.62. The first-order valence-corrected chi connectivity index (χ1v) is 7.56. The molecule has 21 heavy (non-hydrogen) atoms. The van der Waals surface area contributed by atoms with Gasteiger partial charge >= 0.3 is 5.97 Å². The van der Waals surface area contributed by atoms with E-state index in [9.17, 15) is 22.4 Å². The lowest BCUT2D eigenvalue weighted by atomic mass is 10.2. The number of benzene rings is 1. The van der Waals surface area contributed by atoms with Gasteiger partial charge < -0.3 is 10.4 Å². The molecule has 1 aromatic carbocycles. The van der Waals surface area contributed by atoms with Gasteiger partial charge in [-0.2, -0.15) is 4.31 Å². The summed E-state index contributed by atoms with van der Waals surface area (Å²) in [6.45, 7) is 0.134. The first kappa shape index (κ1) is 15.4. The number of carboxylic acids is 1. The van der Waals surface area contributed by atoms with Crippen molar-refractivity contribution in [2.45, 2.75) is 11.3 Å². The second-order valence-electron chi connectivity index (χ2n) is 4.45. The van der Waals surface area contributed by atoms with E-state index in [-0.39, 0.29) is 37.5 Å². The van der Waals surface area contributed by atoms with Crippen molar-refractivity contribution in [2.75, 3.05) is 19.6 Å². The third-order valence-corrected chi connectivity index (χ3v) is 5.00. The molecule has 0 radical (unpaired) electrons. The van der Waals surface area contributed by atoms with Crippen molar-refractivity contribution in [1.29, 1.82) is 0 Å². The Morgan fingerprint density at radius 2 is 2.05 bits per heavy atom. The molecule has 0 bridgehead atoms. The molecule has 1 amide bonds. The van der Waals surface area contributed by atoms with Crippen LogP contribution in [0.5, 0.6) is 0 Å². The van der Waals surface area contributed by atoms with E-state index in [4.69, 9.17) is 5.11 Å². The number of nitrogens with one attached hydrogen (secondary N) is 1. The minimum atomic E-state index is -4.11. The van der Waals surface area contributed by atoms with Crippen LogP contribution in [0.1, 0.15) is 16.8 Å². The Morgan fingerprint density at radius 1 is 1.33 bits per heavy atom. The Morgan fingerprint density at radius 3 is 2.67 bits per heavy atom. The van der Waals surface area contributed by atoms with Gasteiger partial charge in [-0.15, -0.1) is 0 Å². The molecule has 0 aliphatic carbocycles. The number of carboxylic acid groups (broad SMARTS) is 1. The van der Waals surface area contributed by atoms with Crippen LogP contribution in [0.25, 0.3) is 0 Å². The number of carbonyl (C=O) groups excluding carboxylic acids is 1. The molecule has 0 spiro atoms. The van der Waals surface area contributed by atoms with Crippen molar-refractivity contribution in [2.24, 2.45) is 0 Å². The van der Waals surface area contributed by atoms with Gasteiger partial charge in [-0.3, -0.25) is 4.79 Å². The maximum absolute atomic E-state index is 13.9. The van der Waals surface area contributed by atoms with Crippen LogP contribution < -0.4 is 5.32 Å². The van der Waals surface area contributed by atoms with Crippen LogP contribution in [0.4, 0.5) is 4.39 Å². The highest BCUT2D eigenvalue weighted by atomic mass is 32.2. The molecule has 9 heteroatoms. The van der Waals surface area contributed by atoms with Crippen molar-refractivity contribution in [1.82, 2.24) is 9.62 Å². The van der Waals surface area contributed by atoms with Gasteiger partial charge in [0, 0.05) is 26.1 Å². The Balaban J connectivity index is 2.35. The lowest BCUT2D eigenvalue weighted by molar-refractivity contribution is -0.120. The highest BCUT2D eigenvalue weighted by Crippen LogP contribution is 2.21. The first-order valence-electron chi connectivity index (χ1n) is 6.12. The molecule has 0 unspecified atom stereocenters. The molecule has 1 aliphatic heterocycles. The molecule has 2 N–H and O–H groups in total. The molecule has 0 saturated carbocycles. The largest absolute Gasteiger partial charge is 0.478 e. The fourth-order valence-electron chi connectivity index (χ4n) is 1.97. The number of nitrogens with zero attached hydrogens (tertiary/aromatic N) is 1. The highest BCUT2D eigenvalue weighted by Gasteiger charge is 2.29. The Hall–Kier alpha value is -2.00. The summed E-state index contributed by atoms with van der Waals surface area (Å²) in [4.78, 5) is 21.3. The van der Waals surface area contributed by atoms with Gasteiger partial charge in [-0.1, -0.05) is 0 Å². The quantitative estimate of drug-likeness (QED) is 0.819. The molecule has 1 heterocycles. The summed E-state index contributed by atoms with van der Waals surface area (Å²) in [5, 5.41) is 11.3. The van der Waals surface area contributed by atoms with Gasteiger partial charge in [-0.25, -0.2) is 17.6 Å². The molecule has 0 aromatic heterocycles. The third-order valence-electron chi connectivity index (χ3n) is 3.07. The lowest BCUT2D eigenvalue weighted by Crippen LogP contribution is -2.34. The van der Waals surface area contributed by atoms with E-state index in [0.29, 0.717) is 6.07 Å². The molecule has 1 fully saturated rings. The van der Waals surface area contributed by atoms with Gasteiger partial charge in [0.2, 0.25) is 15.9 Å². The average molecular weight is 316 g/mol. The van der Waals surface area contributed by atoms with Crippen molar-refractivity contribution in [3.8, 4) is 0 Å². The van der Waals surface area contributed by atoms with Crippen molar-refractivity contribution in [3.63, 3.8) is 0 Å². The summed E-state index contributed by atoms with van der Waals surface area (Å²) in [7, 11) is -4.11. The van der Waals surface area contributed by atoms with Crippen molar-refractivity contribution < 1.29 is 27.5 Å². The van der Waals surface area contributed by atoms with Gasteiger partial charge in [0.15, 0.2) is 0 Å².